The van der Waals surface area contributed by atoms with E-state index in [-0.39, 0.29) is 5.28 Å². The Morgan fingerprint density at radius 3 is 2.68 bits per heavy atom. The molecule has 96 valence electrons. The van der Waals surface area contributed by atoms with Crippen LogP contribution in [0.4, 0.5) is 0 Å². The molecule has 0 radical (unpaired) electrons. The van der Waals surface area contributed by atoms with Gasteiger partial charge in [0.25, 0.3) is 0 Å². The average Bonchev–Trinajstić information content (AvgIpc) is 2.87. The maximum Gasteiger partial charge on any atom is 0.232 e. The Kier molecular flexibility index (Phi) is 3.23. The number of halogens is 1. The fourth-order valence-electron chi connectivity index (χ4n) is 1.69. The summed E-state index contributed by atoms with van der Waals surface area (Å²) in [6.07, 6.45) is 0. The highest BCUT2D eigenvalue weighted by molar-refractivity contribution is 7.16. The van der Waals surface area contributed by atoms with Gasteiger partial charge in [-0.3, -0.25) is 0 Å². The van der Waals surface area contributed by atoms with E-state index in [1.807, 2.05) is 35.7 Å². The molecule has 3 rings (SSSR count). The normalized spacial score (nSPS) is 10.6. The van der Waals surface area contributed by atoms with Crippen molar-refractivity contribution in [1.82, 2.24) is 9.97 Å². The molecule has 0 bridgehead atoms. The van der Waals surface area contributed by atoms with Gasteiger partial charge in [-0.05, 0) is 35.2 Å². The van der Waals surface area contributed by atoms with Crippen LogP contribution in [-0.4, -0.2) is 17.1 Å². The van der Waals surface area contributed by atoms with E-state index in [1.165, 1.54) is 11.3 Å². The Balaban J connectivity index is 2.07. The summed E-state index contributed by atoms with van der Waals surface area (Å²) in [7, 11) is 1.59. The van der Waals surface area contributed by atoms with Crippen molar-refractivity contribution in [3.05, 3.63) is 41.0 Å². The summed E-state index contributed by atoms with van der Waals surface area (Å²) >= 11 is 7.38. The molecular formula is C13H9ClN2O2S. The standard InChI is InChI=1S/C13H9ClN2O2S/c1-17-9-4-2-3-5-10(9)18-11-8-6-7-19-12(8)16-13(14)15-11/h2-7H,1H3. The summed E-state index contributed by atoms with van der Waals surface area (Å²) in [4.78, 5) is 9.07. The summed E-state index contributed by atoms with van der Waals surface area (Å²) in [5.41, 5.74) is 0. The molecule has 0 saturated carbocycles. The lowest BCUT2D eigenvalue weighted by molar-refractivity contribution is 0.375. The number of nitrogens with zero attached hydrogens (tertiary/aromatic N) is 2. The van der Waals surface area contributed by atoms with Crippen molar-refractivity contribution in [1.29, 1.82) is 0 Å². The van der Waals surface area contributed by atoms with Crippen LogP contribution in [0.5, 0.6) is 17.4 Å². The molecule has 3 aromatic rings. The van der Waals surface area contributed by atoms with Crippen LogP contribution in [0.3, 0.4) is 0 Å². The van der Waals surface area contributed by atoms with Crippen molar-refractivity contribution in [2.45, 2.75) is 0 Å². The summed E-state index contributed by atoms with van der Waals surface area (Å²) in [5.74, 6) is 1.66. The third-order valence-electron chi connectivity index (χ3n) is 2.54. The lowest BCUT2D eigenvalue weighted by atomic mass is 10.3. The highest BCUT2D eigenvalue weighted by Crippen LogP contribution is 2.35. The third-order valence-corrected chi connectivity index (χ3v) is 3.51. The first kappa shape index (κ1) is 12.2. The van der Waals surface area contributed by atoms with Crippen molar-refractivity contribution in [3.8, 4) is 17.4 Å². The zero-order valence-electron chi connectivity index (χ0n) is 9.96. The maximum absolute atomic E-state index is 5.89. The molecule has 0 amide bonds. The number of rotatable bonds is 3. The van der Waals surface area contributed by atoms with Crippen LogP contribution in [0.1, 0.15) is 0 Å². The second-order valence-corrected chi connectivity index (χ2v) is 4.92. The summed E-state index contributed by atoms with van der Waals surface area (Å²) in [6.45, 7) is 0. The second-order valence-electron chi connectivity index (χ2n) is 3.69. The summed E-state index contributed by atoms with van der Waals surface area (Å²) in [5, 5.41) is 2.92. The minimum Gasteiger partial charge on any atom is -0.493 e. The summed E-state index contributed by atoms with van der Waals surface area (Å²) in [6, 6.07) is 9.28. The number of methoxy groups -OCH3 is 1. The van der Waals surface area contributed by atoms with Gasteiger partial charge >= 0.3 is 0 Å². The first-order chi connectivity index (χ1) is 9.28. The van der Waals surface area contributed by atoms with Gasteiger partial charge in [0.05, 0.1) is 12.5 Å². The predicted octanol–water partition coefficient (Wildman–Crippen LogP) is 4.15. The lowest BCUT2D eigenvalue weighted by Crippen LogP contribution is -1.93. The van der Waals surface area contributed by atoms with Gasteiger partial charge in [0.15, 0.2) is 11.5 Å². The number of hydrogen-bond donors (Lipinski definition) is 0. The Hall–Kier alpha value is -1.85. The van der Waals surface area contributed by atoms with Gasteiger partial charge in [0, 0.05) is 0 Å². The molecule has 2 aromatic heterocycles. The first-order valence-electron chi connectivity index (χ1n) is 5.49. The van der Waals surface area contributed by atoms with Gasteiger partial charge in [0.1, 0.15) is 4.83 Å². The Morgan fingerprint density at radius 2 is 1.89 bits per heavy atom. The van der Waals surface area contributed by atoms with Gasteiger partial charge < -0.3 is 9.47 Å². The van der Waals surface area contributed by atoms with Crippen molar-refractivity contribution >= 4 is 33.2 Å². The quantitative estimate of drug-likeness (QED) is 0.680. The molecule has 0 spiro atoms. The molecule has 0 fully saturated rings. The molecule has 0 N–H and O–H groups in total. The number of aromatic nitrogens is 2. The minimum atomic E-state index is 0.167. The monoisotopic (exact) mass is 292 g/mol. The molecule has 0 unspecified atom stereocenters. The molecule has 0 aliphatic heterocycles. The summed E-state index contributed by atoms with van der Waals surface area (Å²) < 4.78 is 11.0. The Morgan fingerprint density at radius 1 is 1.11 bits per heavy atom. The average molecular weight is 293 g/mol. The van der Waals surface area contributed by atoms with E-state index in [0.29, 0.717) is 17.4 Å². The van der Waals surface area contributed by atoms with Gasteiger partial charge in [-0.1, -0.05) is 12.1 Å². The van der Waals surface area contributed by atoms with Crippen LogP contribution in [0, 0.1) is 0 Å². The highest BCUT2D eigenvalue weighted by atomic mass is 35.5. The van der Waals surface area contributed by atoms with Gasteiger partial charge in [-0.15, -0.1) is 11.3 Å². The zero-order valence-corrected chi connectivity index (χ0v) is 11.5. The maximum atomic E-state index is 5.89. The molecule has 6 heteroatoms. The van der Waals surface area contributed by atoms with Crippen LogP contribution in [-0.2, 0) is 0 Å². The van der Waals surface area contributed by atoms with Crippen LogP contribution >= 0.6 is 22.9 Å². The van der Waals surface area contributed by atoms with Crippen LogP contribution in [0.25, 0.3) is 10.2 Å². The molecular weight excluding hydrogens is 284 g/mol. The van der Waals surface area contributed by atoms with E-state index in [2.05, 4.69) is 9.97 Å². The van der Waals surface area contributed by atoms with E-state index >= 15 is 0 Å². The Bertz CT molecular complexity index is 729. The van der Waals surface area contributed by atoms with Crippen LogP contribution in [0.2, 0.25) is 5.28 Å². The Labute approximate surface area is 118 Å². The van der Waals surface area contributed by atoms with E-state index in [4.69, 9.17) is 21.1 Å². The van der Waals surface area contributed by atoms with Gasteiger partial charge in [-0.25, -0.2) is 4.98 Å². The number of ether oxygens (including phenoxy) is 2. The molecule has 0 saturated heterocycles. The molecule has 1 aromatic carbocycles. The van der Waals surface area contributed by atoms with Crippen LogP contribution < -0.4 is 9.47 Å². The lowest BCUT2D eigenvalue weighted by Gasteiger charge is -2.09. The minimum absolute atomic E-state index is 0.167. The fourth-order valence-corrected chi connectivity index (χ4v) is 2.65. The fraction of sp³-hybridized carbons (Fsp3) is 0.0769. The van der Waals surface area contributed by atoms with Gasteiger partial charge in [-0.2, -0.15) is 4.98 Å². The van der Waals surface area contributed by atoms with Crippen molar-refractivity contribution in [3.63, 3.8) is 0 Å². The van der Waals surface area contributed by atoms with E-state index < -0.39 is 0 Å². The number of benzene rings is 1. The third kappa shape index (κ3) is 2.34. The van der Waals surface area contributed by atoms with Crippen molar-refractivity contribution in [2.75, 3.05) is 7.11 Å². The molecule has 4 nitrogen and oxygen atoms in total. The number of hydrogen-bond acceptors (Lipinski definition) is 5. The molecule has 19 heavy (non-hydrogen) atoms. The molecule has 0 aliphatic rings. The topological polar surface area (TPSA) is 44.2 Å². The number of thiophene rings is 1. The zero-order chi connectivity index (χ0) is 13.2. The van der Waals surface area contributed by atoms with Gasteiger partial charge in [0.2, 0.25) is 11.2 Å². The highest BCUT2D eigenvalue weighted by Gasteiger charge is 2.12. The van der Waals surface area contributed by atoms with E-state index in [9.17, 15) is 0 Å². The van der Waals surface area contributed by atoms with E-state index in [0.717, 1.165) is 10.2 Å². The van der Waals surface area contributed by atoms with E-state index in [1.54, 1.807) is 7.11 Å². The molecule has 0 aliphatic carbocycles. The smallest absolute Gasteiger partial charge is 0.232 e. The van der Waals surface area contributed by atoms with Crippen molar-refractivity contribution in [2.24, 2.45) is 0 Å². The van der Waals surface area contributed by atoms with Crippen molar-refractivity contribution < 1.29 is 9.47 Å². The molecule has 2 heterocycles. The van der Waals surface area contributed by atoms with Crippen LogP contribution in [0.15, 0.2) is 35.7 Å². The predicted molar refractivity (Wildman–Crippen MR) is 75.5 cm³/mol. The molecule has 0 atom stereocenters. The first-order valence-corrected chi connectivity index (χ1v) is 6.75. The second kappa shape index (κ2) is 5.03. The number of fused-ring (bicyclic) bond motifs is 1. The largest absolute Gasteiger partial charge is 0.493 e. The number of para-hydroxylation sites is 2. The SMILES string of the molecule is COc1ccccc1Oc1nc(Cl)nc2sccc12.